The van der Waals surface area contributed by atoms with Crippen molar-refractivity contribution in [2.45, 2.75) is 6.29 Å². The highest BCUT2D eigenvalue weighted by molar-refractivity contribution is 6.36. The van der Waals surface area contributed by atoms with E-state index in [0.717, 1.165) is 0 Å². The molecule has 2 aromatic rings. The van der Waals surface area contributed by atoms with Crippen molar-refractivity contribution in [1.82, 2.24) is 0 Å². The molecule has 1 heterocycles. The van der Waals surface area contributed by atoms with Crippen LogP contribution in [0.15, 0.2) is 28.7 Å². The Hall–Kier alpha value is -1.60. The summed E-state index contributed by atoms with van der Waals surface area (Å²) in [5, 5.41) is 29.1. The number of aliphatic hydroxyl groups is 2. The fourth-order valence-electron chi connectivity index (χ4n) is 1.52. The van der Waals surface area contributed by atoms with Gasteiger partial charge in [0, 0.05) is 11.1 Å². The first-order valence-corrected chi connectivity index (χ1v) is 5.75. The Kier molecular flexibility index (Phi) is 3.77. The monoisotopic (exact) mass is 303 g/mol. The van der Waals surface area contributed by atoms with Crippen molar-refractivity contribution in [2.24, 2.45) is 0 Å². The zero-order valence-electron chi connectivity index (χ0n) is 9.21. The molecular weight excluding hydrogens is 297 g/mol. The van der Waals surface area contributed by atoms with Gasteiger partial charge in [0.05, 0.1) is 16.1 Å². The van der Waals surface area contributed by atoms with Crippen LogP contribution in [0.1, 0.15) is 11.9 Å². The molecule has 0 aliphatic rings. The maximum absolute atomic E-state index is 10.5. The first-order chi connectivity index (χ1) is 8.90. The Balaban J connectivity index is 2.54. The maximum Gasteiger partial charge on any atom is 0.433 e. The zero-order chi connectivity index (χ0) is 14.2. The number of aliphatic hydroxyl groups excluding tert-OH is 1. The molecule has 19 heavy (non-hydrogen) atoms. The van der Waals surface area contributed by atoms with Crippen LogP contribution in [0, 0.1) is 10.1 Å². The summed E-state index contributed by atoms with van der Waals surface area (Å²) in [7, 11) is 0. The van der Waals surface area contributed by atoms with Gasteiger partial charge in [-0.3, -0.25) is 10.1 Å². The van der Waals surface area contributed by atoms with Crippen LogP contribution in [0.25, 0.3) is 11.3 Å². The van der Waals surface area contributed by atoms with Gasteiger partial charge in [0.15, 0.2) is 6.29 Å². The van der Waals surface area contributed by atoms with E-state index in [1.807, 2.05) is 0 Å². The van der Waals surface area contributed by atoms with E-state index < -0.39 is 17.1 Å². The van der Waals surface area contributed by atoms with Gasteiger partial charge in [-0.05, 0) is 18.2 Å². The highest BCUT2D eigenvalue weighted by Crippen LogP contribution is 2.36. The molecule has 0 aliphatic carbocycles. The van der Waals surface area contributed by atoms with E-state index in [1.54, 1.807) is 0 Å². The summed E-state index contributed by atoms with van der Waals surface area (Å²) >= 11 is 11.7. The van der Waals surface area contributed by atoms with Crippen LogP contribution in [0.4, 0.5) is 5.88 Å². The molecule has 0 atom stereocenters. The van der Waals surface area contributed by atoms with Crippen molar-refractivity contribution in [2.75, 3.05) is 0 Å². The lowest BCUT2D eigenvalue weighted by Crippen LogP contribution is -1.96. The Bertz CT molecular complexity index is 638. The first kappa shape index (κ1) is 13.8. The smallest absolute Gasteiger partial charge is 0.401 e. The van der Waals surface area contributed by atoms with E-state index in [0.29, 0.717) is 0 Å². The van der Waals surface area contributed by atoms with Crippen molar-refractivity contribution < 1.29 is 19.6 Å². The molecule has 0 fully saturated rings. The number of rotatable bonds is 3. The Morgan fingerprint density at radius 1 is 1.21 bits per heavy atom. The summed E-state index contributed by atoms with van der Waals surface area (Å²) < 4.78 is 5.00. The Morgan fingerprint density at radius 2 is 1.89 bits per heavy atom. The van der Waals surface area contributed by atoms with Gasteiger partial charge < -0.3 is 14.6 Å². The molecule has 0 amide bonds. The summed E-state index contributed by atoms with van der Waals surface area (Å²) in [6, 6.07) is 5.15. The average molecular weight is 304 g/mol. The minimum atomic E-state index is -1.78. The number of benzene rings is 1. The van der Waals surface area contributed by atoms with Crippen LogP contribution < -0.4 is 0 Å². The third-order valence-corrected chi connectivity index (χ3v) is 3.04. The van der Waals surface area contributed by atoms with E-state index in [-0.39, 0.29) is 26.9 Å². The van der Waals surface area contributed by atoms with Gasteiger partial charge in [-0.1, -0.05) is 23.2 Å². The highest BCUT2D eigenvalue weighted by Gasteiger charge is 2.18. The van der Waals surface area contributed by atoms with Crippen molar-refractivity contribution in [3.63, 3.8) is 0 Å². The van der Waals surface area contributed by atoms with E-state index in [9.17, 15) is 10.1 Å². The summed E-state index contributed by atoms with van der Waals surface area (Å²) in [4.78, 5) is 9.85. The van der Waals surface area contributed by atoms with E-state index in [4.69, 9.17) is 37.8 Å². The van der Waals surface area contributed by atoms with Crippen molar-refractivity contribution in [3.05, 3.63) is 50.0 Å². The molecular formula is C11H7Cl2NO5. The molecule has 6 nitrogen and oxygen atoms in total. The van der Waals surface area contributed by atoms with Crippen molar-refractivity contribution in [1.29, 1.82) is 0 Å². The third kappa shape index (κ3) is 2.71. The average Bonchev–Trinajstić information content (AvgIpc) is 2.77. The normalized spacial score (nSPS) is 11.0. The van der Waals surface area contributed by atoms with E-state index in [1.165, 1.54) is 24.3 Å². The minimum absolute atomic E-state index is 0.0279. The minimum Gasteiger partial charge on any atom is -0.401 e. The summed E-state index contributed by atoms with van der Waals surface area (Å²) in [6.45, 7) is 0. The van der Waals surface area contributed by atoms with Gasteiger partial charge in [0.2, 0.25) is 0 Å². The predicted molar refractivity (Wildman–Crippen MR) is 68.0 cm³/mol. The second kappa shape index (κ2) is 5.18. The van der Waals surface area contributed by atoms with Crippen molar-refractivity contribution in [3.8, 4) is 11.3 Å². The second-order valence-electron chi connectivity index (χ2n) is 3.62. The van der Waals surface area contributed by atoms with Gasteiger partial charge in [-0.2, -0.15) is 0 Å². The molecule has 2 N–H and O–H groups in total. The molecule has 1 aromatic carbocycles. The molecule has 0 bridgehead atoms. The van der Waals surface area contributed by atoms with Crippen molar-refractivity contribution >= 4 is 29.1 Å². The molecule has 0 aliphatic heterocycles. The van der Waals surface area contributed by atoms with Gasteiger partial charge >= 0.3 is 5.88 Å². The largest absolute Gasteiger partial charge is 0.433 e. The van der Waals surface area contributed by atoms with Crippen LogP contribution in [-0.4, -0.2) is 15.1 Å². The highest BCUT2D eigenvalue weighted by atomic mass is 35.5. The van der Waals surface area contributed by atoms with Gasteiger partial charge in [-0.15, -0.1) is 0 Å². The fraction of sp³-hybridized carbons (Fsp3) is 0.0909. The number of nitro groups is 1. The molecule has 0 radical (unpaired) electrons. The lowest BCUT2D eigenvalue weighted by molar-refractivity contribution is -0.401. The van der Waals surface area contributed by atoms with Crippen LogP contribution >= 0.6 is 23.2 Å². The summed E-state index contributed by atoms with van der Waals surface area (Å²) in [5.41, 5.74) is 0.308. The van der Waals surface area contributed by atoms with Gasteiger partial charge in [0.1, 0.15) is 10.7 Å². The molecule has 100 valence electrons. The van der Waals surface area contributed by atoms with Crippen LogP contribution in [0.5, 0.6) is 0 Å². The zero-order valence-corrected chi connectivity index (χ0v) is 10.7. The summed E-state index contributed by atoms with van der Waals surface area (Å²) in [5.74, 6) is -0.303. The number of nitrogens with zero attached hydrogens (tertiary/aromatic N) is 1. The third-order valence-electron chi connectivity index (χ3n) is 2.40. The molecule has 0 unspecified atom stereocenters. The lowest BCUT2D eigenvalue weighted by atomic mass is 10.1. The maximum atomic E-state index is 10.5. The fourth-order valence-corrected chi connectivity index (χ4v) is 2.10. The Labute approximate surface area is 116 Å². The SMILES string of the molecule is O=[N+]([O-])c1ccc(-c2cc(C(O)O)c(Cl)cc2Cl)o1. The molecule has 0 spiro atoms. The van der Waals surface area contributed by atoms with Crippen LogP contribution in [0.2, 0.25) is 10.0 Å². The number of hydrogen-bond donors (Lipinski definition) is 2. The molecule has 2 rings (SSSR count). The molecule has 0 saturated heterocycles. The lowest BCUT2D eigenvalue weighted by Gasteiger charge is -2.09. The summed E-state index contributed by atoms with van der Waals surface area (Å²) in [6.07, 6.45) is -1.78. The number of hydrogen-bond acceptors (Lipinski definition) is 5. The molecule has 8 heteroatoms. The van der Waals surface area contributed by atoms with Gasteiger partial charge in [-0.25, -0.2) is 0 Å². The quantitative estimate of drug-likeness (QED) is 0.516. The van der Waals surface area contributed by atoms with Gasteiger partial charge in [0.25, 0.3) is 0 Å². The van der Waals surface area contributed by atoms with E-state index in [2.05, 4.69) is 0 Å². The number of halogens is 2. The topological polar surface area (TPSA) is 96.7 Å². The predicted octanol–water partition coefficient (Wildman–Crippen LogP) is 3.14. The van der Waals surface area contributed by atoms with Crippen LogP contribution in [0.3, 0.4) is 0 Å². The Morgan fingerprint density at radius 3 is 2.42 bits per heavy atom. The standard InChI is InChI=1S/C11H7Cl2NO5/c12-7-4-8(13)6(11(15)16)3-5(7)9-1-2-10(19-9)14(17)18/h1-4,11,15-16H. The first-order valence-electron chi connectivity index (χ1n) is 5.00. The molecule has 0 saturated carbocycles. The van der Waals surface area contributed by atoms with E-state index >= 15 is 0 Å². The van der Waals surface area contributed by atoms with Crippen LogP contribution in [-0.2, 0) is 0 Å². The number of furan rings is 1. The second-order valence-corrected chi connectivity index (χ2v) is 4.44. The molecule has 1 aromatic heterocycles.